The molecule has 0 fully saturated rings. The smallest absolute Gasteiger partial charge is 0.207 e. The normalized spacial score (nSPS) is 15.0. The summed E-state index contributed by atoms with van der Waals surface area (Å²) in [6.07, 6.45) is 5.96. The molecule has 2 aromatic rings. The largest absolute Gasteiger partial charge is 0.494 e. The van der Waals surface area contributed by atoms with Gasteiger partial charge < -0.3 is 9.47 Å². The third-order valence-electron chi connectivity index (χ3n) is 4.96. The van der Waals surface area contributed by atoms with Crippen molar-refractivity contribution < 1.29 is 22.6 Å². The first-order chi connectivity index (χ1) is 14.4. The van der Waals surface area contributed by atoms with Gasteiger partial charge in [-0.05, 0) is 42.5 Å². The number of benzene rings is 2. The molecule has 0 N–H and O–H groups in total. The second kappa shape index (κ2) is 9.08. The highest BCUT2D eigenvalue weighted by Crippen LogP contribution is 2.41. The molecule has 0 atom stereocenters. The summed E-state index contributed by atoms with van der Waals surface area (Å²) in [5, 5.41) is 0. The summed E-state index contributed by atoms with van der Waals surface area (Å²) in [5.41, 5.74) is 2.46. The van der Waals surface area contributed by atoms with Gasteiger partial charge in [0.05, 0.1) is 7.11 Å². The zero-order chi connectivity index (χ0) is 21.8. The summed E-state index contributed by atoms with van der Waals surface area (Å²) in [6, 6.07) is 8.85. The molecule has 0 unspecified atom stereocenters. The maximum atomic E-state index is 14.8. The number of methoxy groups -OCH3 is 1. The molecule has 2 nitrogen and oxygen atoms in total. The van der Waals surface area contributed by atoms with E-state index in [0.29, 0.717) is 11.1 Å². The van der Waals surface area contributed by atoms with Gasteiger partial charge in [0, 0.05) is 17.5 Å². The Hall–Kier alpha value is -3.21. The number of ether oxygens (including phenoxy) is 2. The van der Waals surface area contributed by atoms with Crippen molar-refractivity contribution in [3.05, 3.63) is 101 Å². The second-order valence-electron chi connectivity index (χ2n) is 7.00. The highest BCUT2D eigenvalue weighted by atomic mass is 19.2. The van der Waals surface area contributed by atoms with Crippen LogP contribution in [0, 0.1) is 11.6 Å². The molecule has 1 aliphatic rings. The summed E-state index contributed by atoms with van der Waals surface area (Å²) in [5.74, 6) is -4.03. The van der Waals surface area contributed by atoms with Gasteiger partial charge in [0.15, 0.2) is 23.1 Å². The van der Waals surface area contributed by atoms with Crippen LogP contribution in [-0.2, 0) is 17.6 Å². The van der Waals surface area contributed by atoms with Crippen LogP contribution in [0.4, 0.5) is 13.2 Å². The number of hydrogen-bond acceptors (Lipinski definition) is 2. The lowest BCUT2D eigenvalue weighted by molar-refractivity contribution is 0.272. The van der Waals surface area contributed by atoms with Gasteiger partial charge in [0.25, 0.3) is 0 Å². The number of aryl methyl sites for hydroxylation is 1. The Bertz CT molecular complexity index is 1050. The summed E-state index contributed by atoms with van der Waals surface area (Å²) < 4.78 is 54.2. The highest BCUT2D eigenvalue weighted by Gasteiger charge is 2.29. The van der Waals surface area contributed by atoms with Gasteiger partial charge in [-0.1, -0.05) is 49.6 Å². The summed E-state index contributed by atoms with van der Waals surface area (Å²) in [4.78, 5) is 0. The van der Waals surface area contributed by atoms with E-state index in [4.69, 9.17) is 9.47 Å². The first-order valence-electron chi connectivity index (χ1n) is 9.57. The van der Waals surface area contributed by atoms with E-state index in [0.717, 1.165) is 18.4 Å². The molecule has 30 heavy (non-hydrogen) atoms. The molecular weight excluding hydrogens is 389 g/mol. The van der Waals surface area contributed by atoms with Gasteiger partial charge in [-0.2, -0.15) is 8.78 Å². The second-order valence-corrected chi connectivity index (χ2v) is 7.00. The Morgan fingerprint density at radius 1 is 1.20 bits per heavy atom. The standard InChI is InChI=1S/C25H23F3O2/c1-5-6-7-8-17-9-11-18(12-10-17)20-14-19-13-15(2)24(21(26)16(3)29-4)30-25(19)23(28)22(20)27/h5-6,9-12,14H,2-3,7-8,13H2,1,4H3/b6-5+,24-21-. The Balaban J connectivity index is 1.97. The van der Waals surface area contributed by atoms with Crippen LogP contribution in [-0.4, -0.2) is 7.11 Å². The molecule has 0 aliphatic carbocycles. The van der Waals surface area contributed by atoms with Crippen molar-refractivity contribution in [3.63, 3.8) is 0 Å². The number of fused-ring (bicyclic) bond motifs is 1. The molecular formula is C25H23F3O2. The monoisotopic (exact) mass is 412 g/mol. The molecule has 0 spiro atoms. The van der Waals surface area contributed by atoms with Crippen LogP contribution in [0.1, 0.15) is 24.5 Å². The Morgan fingerprint density at radius 3 is 2.53 bits per heavy atom. The van der Waals surface area contributed by atoms with Gasteiger partial charge in [-0.3, -0.25) is 0 Å². The molecule has 0 saturated heterocycles. The van der Waals surface area contributed by atoms with E-state index in [1.807, 2.05) is 25.1 Å². The van der Waals surface area contributed by atoms with Crippen LogP contribution >= 0.6 is 0 Å². The molecule has 2 aromatic carbocycles. The fourth-order valence-electron chi connectivity index (χ4n) is 3.28. The van der Waals surface area contributed by atoms with E-state index < -0.39 is 17.5 Å². The van der Waals surface area contributed by atoms with Crippen LogP contribution in [0.2, 0.25) is 0 Å². The fourth-order valence-corrected chi connectivity index (χ4v) is 3.28. The maximum absolute atomic E-state index is 14.8. The summed E-state index contributed by atoms with van der Waals surface area (Å²) in [6.45, 7) is 9.18. The lowest BCUT2D eigenvalue weighted by Gasteiger charge is -2.24. The molecule has 1 heterocycles. The number of allylic oxidation sites excluding steroid dienone is 4. The number of rotatable bonds is 6. The number of halogens is 3. The van der Waals surface area contributed by atoms with E-state index in [1.54, 1.807) is 12.1 Å². The minimum atomic E-state index is -1.17. The molecule has 156 valence electrons. The van der Waals surface area contributed by atoms with E-state index >= 15 is 0 Å². The lowest BCUT2D eigenvalue weighted by atomic mass is 9.94. The first kappa shape index (κ1) is 21.5. The third-order valence-corrected chi connectivity index (χ3v) is 4.96. The van der Waals surface area contributed by atoms with Gasteiger partial charge in [0.2, 0.25) is 11.6 Å². The Labute approximate surface area is 174 Å². The van der Waals surface area contributed by atoms with Crippen LogP contribution in [0.3, 0.4) is 0 Å². The number of hydrogen-bond donors (Lipinski definition) is 0. The van der Waals surface area contributed by atoms with Gasteiger partial charge in [-0.25, -0.2) is 4.39 Å². The fraction of sp³-hybridized carbons (Fsp3) is 0.200. The zero-order valence-electron chi connectivity index (χ0n) is 17.0. The van der Waals surface area contributed by atoms with Gasteiger partial charge in [-0.15, -0.1) is 0 Å². The van der Waals surface area contributed by atoms with E-state index in [-0.39, 0.29) is 34.8 Å². The molecule has 0 amide bonds. The highest BCUT2D eigenvalue weighted by molar-refractivity contribution is 5.68. The molecule has 0 radical (unpaired) electrons. The lowest BCUT2D eigenvalue weighted by Crippen LogP contribution is -2.14. The van der Waals surface area contributed by atoms with Crippen molar-refractivity contribution in [1.29, 1.82) is 0 Å². The van der Waals surface area contributed by atoms with Crippen molar-refractivity contribution in [2.45, 2.75) is 26.2 Å². The van der Waals surface area contributed by atoms with Crippen molar-refractivity contribution in [1.82, 2.24) is 0 Å². The quantitative estimate of drug-likeness (QED) is 0.377. The minimum absolute atomic E-state index is 0.112. The summed E-state index contributed by atoms with van der Waals surface area (Å²) >= 11 is 0. The van der Waals surface area contributed by atoms with Crippen molar-refractivity contribution >= 4 is 0 Å². The van der Waals surface area contributed by atoms with Crippen LogP contribution in [0.25, 0.3) is 11.1 Å². The van der Waals surface area contributed by atoms with E-state index in [1.165, 1.54) is 13.2 Å². The SMILES string of the molecule is C=C(OC)/C(F)=C1/Oc2c(cc(-c3ccc(CC/C=C/C)cc3)c(F)c2F)CC1=C. The van der Waals surface area contributed by atoms with Crippen LogP contribution in [0.15, 0.2) is 78.6 Å². The van der Waals surface area contributed by atoms with Crippen molar-refractivity contribution in [3.8, 4) is 16.9 Å². The molecule has 0 saturated carbocycles. The predicted molar refractivity (Wildman–Crippen MR) is 113 cm³/mol. The molecule has 0 bridgehead atoms. The molecule has 0 aromatic heterocycles. The van der Waals surface area contributed by atoms with Crippen molar-refractivity contribution in [2.75, 3.05) is 7.11 Å². The average molecular weight is 412 g/mol. The maximum Gasteiger partial charge on any atom is 0.207 e. The van der Waals surface area contributed by atoms with Gasteiger partial charge in [0.1, 0.15) is 0 Å². The van der Waals surface area contributed by atoms with Crippen LogP contribution in [0.5, 0.6) is 5.75 Å². The van der Waals surface area contributed by atoms with E-state index in [9.17, 15) is 13.2 Å². The molecule has 1 aliphatic heterocycles. The average Bonchev–Trinajstić information content (AvgIpc) is 2.75. The third kappa shape index (κ3) is 4.20. The van der Waals surface area contributed by atoms with Crippen molar-refractivity contribution in [2.24, 2.45) is 0 Å². The predicted octanol–water partition coefficient (Wildman–Crippen LogP) is 6.97. The zero-order valence-corrected chi connectivity index (χ0v) is 17.0. The van der Waals surface area contributed by atoms with Crippen LogP contribution < -0.4 is 4.74 Å². The Kier molecular flexibility index (Phi) is 6.50. The Morgan fingerprint density at radius 2 is 1.90 bits per heavy atom. The molecule has 3 rings (SSSR count). The minimum Gasteiger partial charge on any atom is -0.494 e. The summed E-state index contributed by atoms with van der Waals surface area (Å²) in [7, 11) is 1.25. The van der Waals surface area contributed by atoms with Gasteiger partial charge >= 0.3 is 0 Å². The molecule has 5 heteroatoms. The van der Waals surface area contributed by atoms with E-state index in [2.05, 4.69) is 19.2 Å². The topological polar surface area (TPSA) is 18.5 Å². The first-order valence-corrected chi connectivity index (χ1v) is 9.57.